The molecule has 1 N–H and O–H groups in total. The Morgan fingerprint density at radius 3 is 2.44 bits per heavy atom. The van der Waals surface area contributed by atoms with E-state index in [0.29, 0.717) is 12.2 Å². The lowest BCUT2D eigenvalue weighted by molar-refractivity contribution is 0.231. The van der Waals surface area contributed by atoms with Crippen LogP contribution in [0.5, 0.6) is 5.75 Å². The van der Waals surface area contributed by atoms with E-state index in [-0.39, 0.29) is 23.8 Å². The Kier molecular flexibility index (Phi) is 5.61. The molecule has 1 aromatic carbocycles. The van der Waals surface area contributed by atoms with E-state index in [2.05, 4.69) is 10.3 Å². The van der Waals surface area contributed by atoms with Gasteiger partial charge in [-0.1, -0.05) is 0 Å². The van der Waals surface area contributed by atoms with Crippen molar-refractivity contribution in [2.24, 2.45) is 0 Å². The maximum absolute atomic E-state index is 14.1. The van der Waals surface area contributed by atoms with Gasteiger partial charge in [0.15, 0.2) is 11.6 Å². The van der Waals surface area contributed by atoms with Crippen LogP contribution in [-0.4, -0.2) is 20.2 Å². The zero-order chi connectivity index (χ0) is 18.7. The molecule has 0 saturated heterocycles. The van der Waals surface area contributed by atoms with Crippen LogP contribution in [-0.2, 0) is 6.54 Å². The fraction of sp³-hybridized carbons (Fsp3) is 0.471. The minimum atomic E-state index is -0.646. The Labute approximate surface area is 145 Å². The van der Waals surface area contributed by atoms with Crippen LogP contribution in [0, 0.1) is 5.82 Å². The number of hydrogen-bond donors (Lipinski definition) is 1. The number of anilines is 2. The number of hydrogen-bond acceptors (Lipinski definition) is 5. The van der Waals surface area contributed by atoms with E-state index in [1.165, 1.54) is 16.7 Å². The fourth-order valence-electron chi connectivity index (χ4n) is 2.39. The Morgan fingerprint density at radius 2 is 1.92 bits per heavy atom. The molecule has 8 heteroatoms. The normalized spacial score (nSPS) is 11.2. The summed E-state index contributed by atoms with van der Waals surface area (Å²) in [4.78, 5) is 28.5. The molecule has 0 spiro atoms. The summed E-state index contributed by atoms with van der Waals surface area (Å²) < 4.78 is 21.9. The molecule has 7 nitrogen and oxygen atoms in total. The smallest absolute Gasteiger partial charge is 0.355 e. The summed E-state index contributed by atoms with van der Waals surface area (Å²) in [6, 6.07) is 4.02. The first-order chi connectivity index (χ1) is 11.7. The molecule has 0 aliphatic rings. The van der Waals surface area contributed by atoms with Crippen molar-refractivity contribution < 1.29 is 9.13 Å². The molecule has 136 valence electrons. The van der Waals surface area contributed by atoms with Crippen molar-refractivity contribution in [3.05, 3.63) is 45.0 Å². The van der Waals surface area contributed by atoms with Gasteiger partial charge in [0.2, 0.25) is 5.95 Å². The van der Waals surface area contributed by atoms with Crippen molar-refractivity contribution in [1.82, 2.24) is 14.1 Å². The van der Waals surface area contributed by atoms with E-state index < -0.39 is 17.2 Å². The summed E-state index contributed by atoms with van der Waals surface area (Å²) in [7, 11) is 0. The molecule has 0 atom stereocenters. The van der Waals surface area contributed by atoms with Crippen LogP contribution in [0.3, 0.4) is 0 Å². The second-order valence-corrected chi connectivity index (χ2v) is 6.15. The molecule has 25 heavy (non-hydrogen) atoms. The molecule has 2 aromatic rings. The van der Waals surface area contributed by atoms with Crippen molar-refractivity contribution in [3.63, 3.8) is 0 Å². The number of aromatic nitrogens is 3. The SMILES string of the molecule is CCn1c(Nc2ccc(OC(C)C)c(F)c2)nc(=O)n(C(C)C)c1=O. The van der Waals surface area contributed by atoms with Gasteiger partial charge in [0, 0.05) is 24.3 Å². The summed E-state index contributed by atoms with van der Waals surface area (Å²) in [5.41, 5.74) is -0.739. The van der Waals surface area contributed by atoms with Crippen molar-refractivity contribution >= 4 is 11.6 Å². The lowest BCUT2D eigenvalue weighted by Crippen LogP contribution is -2.43. The first-order valence-electron chi connectivity index (χ1n) is 8.21. The first kappa shape index (κ1) is 18.7. The molecular weight excluding hydrogens is 327 g/mol. The highest BCUT2D eigenvalue weighted by Gasteiger charge is 2.15. The number of nitrogens with zero attached hydrogens (tertiary/aromatic N) is 3. The van der Waals surface area contributed by atoms with E-state index in [1.54, 1.807) is 40.7 Å². The van der Waals surface area contributed by atoms with E-state index in [9.17, 15) is 14.0 Å². The van der Waals surface area contributed by atoms with Crippen LogP contribution < -0.4 is 21.4 Å². The summed E-state index contributed by atoms with van der Waals surface area (Å²) >= 11 is 0. The zero-order valence-corrected chi connectivity index (χ0v) is 15.0. The average Bonchev–Trinajstić information content (AvgIpc) is 2.49. The van der Waals surface area contributed by atoms with Crippen molar-refractivity contribution in [1.29, 1.82) is 0 Å². The summed E-state index contributed by atoms with van der Waals surface area (Å²) in [6.45, 7) is 9.17. The molecule has 0 bridgehead atoms. The van der Waals surface area contributed by atoms with Crippen molar-refractivity contribution in [2.75, 3.05) is 5.32 Å². The van der Waals surface area contributed by atoms with Gasteiger partial charge >= 0.3 is 11.4 Å². The van der Waals surface area contributed by atoms with Gasteiger partial charge in [-0.2, -0.15) is 4.98 Å². The Morgan fingerprint density at radius 1 is 1.24 bits per heavy atom. The number of rotatable bonds is 6. The van der Waals surface area contributed by atoms with Gasteiger partial charge in [0.05, 0.1) is 6.10 Å². The van der Waals surface area contributed by atoms with Gasteiger partial charge in [-0.05, 0) is 46.8 Å². The summed E-state index contributed by atoms with van der Waals surface area (Å²) in [5.74, 6) is -0.331. The van der Waals surface area contributed by atoms with E-state index >= 15 is 0 Å². The van der Waals surface area contributed by atoms with Gasteiger partial charge in [0.1, 0.15) is 0 Å². The quantitative estimate of drug-likeness (QED) is 0.867. The number of ether oxygens (including phenoxy) is 1. The highest BCUT2D eigenvalue weighted by molar-refractivity contribution is 5.55. The molecular formula is C17H23FN4O3. The Balaban J connectivity index is 2.42. The van der Waals surface area contributed by atoms with Crippen LogP contribution in [0.25, 0.3) is 0 Å². The molecule has 0 amide bonds. The van der Waals surface area contributed by atoms with Crippen LogP contribution in [0.4, 0.5) is 16.0 Å². The molecule has 1 aromatic heterocycles. The highest BCUT2D eigenvalue weighted by Crippen LogP contribution is 2.23. The Hall–Kier alpha value is -2.64. The molecule has 2 rings (SSSR count). The van der Waals surface area contributed by atoms with Gasteiger partial charge in [-0.3, -0.25) is 4.57 Å². The van der Waals surface area contributed by atoms with Crippen molar-refractivity contribution in [3.8, 4) is 5.75 Å². The molecule has 0 radical (unpaired) electrons. The maximum Gasteiger partial charge on any atom is 0.355 e. The van der Waals surface area contributed by atoms with Crippen molar-refractivity contribution in [2.45, 2.75) is 53.3 Å². The summed E-state index contributed by atoms with van der Waals surface area (Å²) in [6.07, 6.45) is -0.149. The second kappa shape index (κ2) is 7.50. The zero-order valence-electron chi connectivity index (χ0n) is 15.0. The minimum absolute atomic E-state index is 0.0753. The predicted molar refractivity (Wildman–Crippen MR) is 94.3 cm³/mol. The average molecular weight is 350 g/mol. The third kappa shape index (κ3) is 4.07. The monoisotopic (exact) mass is 350 g/mol. The molecule has 0 saturated carbocycles. The minimum Gasteiger partial charge on any atom is -0.488 e. The molecule has 0 aliphatic carbocycles. The number of halogens is 1. The van der Waals surface area contributed by atoms with Gasteiger partial charge in [0.25, 0.3) is 0 Å². The maximum atomic E-state index is 14.1. The van der Waals surface area contributed by atoms with E-state index in [0.717, 1.165) is 4.57 Å². The number of benzene rings is 1. The topological polar surface area (TPSA) is 78.2 Å². The molecule has 0 unspecified atom stereocenters. The first-order valence-corrected chi connectivity index (χ1v) is 8.21. The highest BCUT2D eigenvalue weighted by atomic mass is 19.1. The third-order valence-electron chi connectivity index (χ3n) is 3.48. The fourth-order valence-corrected chi connectivity index (χ4v) is 2.39. The van der Waals surface area contributed by atoms with Gasteiger partial charge < -0.3 is 10.1 Å². The van der Waals surface area contributed by atoms with Crippen LogP contribution in [0.15, 0.2) is 27.8 Å². The van der Waals surface area contributed by atoms with E-state index in [1.807, 2.05) is 0 Å². The van der Waals surface area contributed by atoms with Gasteiger partial charge in [-0.15, -0.1) is 0 Å². The lowest BCUT2D eigenvalue weighted by Gasteiger charge is -2.16. The van der Waals surface area contributed by atoms with Gasteiger partial charge in [-0.25, -0.2) is 18.5 Å². The standard InChI is InChI=1S/C17H23FN4O3/c1-6-21-15(20-16(23)22(10(2)3)17(21)24)19-12-7-8-14(13(18)9-12)25-11(4)5/h7-11H,6H2,1-5H3,(H,19,20,23). The van der Waals surface area contributed by atoms with Crippen LogP contribution >= 0.6 is 0 Å². The van der Waals surface area contributed by atoms with Crippen LogP contribution in [0.2, 0.25) is 0 Å². The van der Waals surface area contributed by atoms with Crippen LogP contribution in [0.1, 0.15) is 40.7 Å². The lowest BCUT2D eigenvalue weighted by atomic mass is 10.3. The largest absolute Gasteiger partial charge is 0.488 e. The summed E-state index contributed by atoms with van der Waals surface area (Å²) in [5, 5.41) is 2.84. The molecule has 0 fully saturated rings. The predicted octanol–water partition coefficient (Wildman–Crippen LogP) is 2.68. The molecule has 1 heterocycles. The molecule has 0 aliphatic heterocycles. The third-order valence-corrected chi connectivity index (χ3v) is 3.48. The second-order valence-electron chi connectivity index (χ2n) is 6.15. The Bertz CT molecular complexity index is 871. The van der Waals surface area contributed by atoms with E-state index in [4.69, 9.17) is 4.74 Å². The number of nitrogens with one attached hydrogen (secondary N) is 1.